The summed E-state index contributed by atoms with van der Waals surface area (Å²) in [6.45, 7) is 1.62. The smallest absolute Gasteiger partial charge is 0.0964 e. The van der Waals surface area contributed by atoms with Crippen LogP contribution in [0.1, 0.15) is 18.5 Å². The first kappa shape index (κ1) is 9.93. The van der Waals surface area contributed by atoms with Gasteiger partial charge in [-0.2, -0.15) is 0 Å². The summed E-state index contributed by atoms with van der Waals surface area (Å²) in [5.74, 6) is 0.742. The lowest BCUT2D eigenvalue weighted by Crippen LogP contribution is -2.24. The maximum Gasteiger partial charge on any atom is 0.0964 e. The summed E-state index contributed by atoms with van der Waals surface area (Å²) in [5, 5.41) is 11.4. The molecule has 0 radical (unpaired) electrons. The lowest BCUT2D eigenvalue weighted by molar-refractivity contribution is 0.612. The quantitative estimate of drug-likeness (QED) is 0.742. The van der Waals surface area contributed by atoms with E-state index in [-0.39, 0.29) is 5.38 Å². The summed E-state index contributed by atoms with van der Waals surface area (Å²) in [6.07, 6.45) is 4.50. The van der Waals surface area contributed by atoms with Crippen molar-refractivity contribution in [2.24, 2.45) is 13.0 Å². The molecule has 0 saturated heterocycles. The number of alkyl halides is 1. The molecule has 0 bridgehead atoms. The van der Waals surface area contributed by atoms with E-state index in [1.807, 2.05) is 13.2 Å². The van der Waals surface area contributed by atoms with Crippen LogP contribution >= 0.6 is 11.6 Å². The molecular formula is C9H15ClN4. The second kappa shape index (κ2) is 4.28. The van der Waals surface area contributed by atoms with Crippen molar-refractivity contribution in [2.75, 3.05) is 6.54 Å². The molecule has 2 rings (SSSR count). The average molecular weight is 215 g/mol. The SMILES string of the molecule is Cn1cc(CNCC(Cl)C2CC2)nn1. The molecule has 1 heterocycles. The lowest BCUT2D eigenvalue weighted by atomic mass is 10.3. The van der Waals surface area contributed by atoms with Gasteiger partial charge in [0.2, 0.25) is 0 Å². The normalized spacial score (nSPS) is 18.4. The highest BCUT2D eigenvalue weighted by Gasteiger charge is 2.29. The highest BCUT2D eigenvalue weighted by atomic mass is 35.5. The van der Waals surface area contributed by atoms with Gasteiger partial charge in [0, 0.05) is 31.7 Å². The van der Waals surface area contributed by atoms with Crippen LogP contribution in [-0.4, -0.2) is 26.9 Å². The second-order valence-corrected chi connectivity index (χ2v) is 4.43. The number of aromatic nitrogens is 3. The predicted octanol–water partition coefficient (Wildman–Crippen LogP) is 0.922. The molecule has 1 aromatic heterocycles. The van der Waals surface area contributed by atoms with Crippen LogP contribution in [0.25, 0.3) is 0 Å². The first-order valence-electron chi connectivity index (χ1n) is 4.95. The van der Waals surface area contributed by atoms with Gasteiger partial charge in [-0.25, -0.2) is 0 Å². The lowest BCUT2D eigenvalue weighted by Gasteiger charge is -2.07. The van der Waals surface area contributed by atoms with Crippen molar-refractivity contribution in [3.63, 3.8) is 0 Å². The molecule has 1 aliphatic rings. The standard InChI is InChI=1S/C9H15ClN4/c1-14-6-8(12-13-14)4-11-5-9(10)7-2-3-7/h6-7,9,11H,2-5H2,1H3. The number of nitrogens with one attached hydrogen (secondary N) is 1. The zero-order valence-corrected chi connectivity index (χ0v) is 9.04. The van der Waals surface area contributed by atoms with Gasteiger partial charge in [-0.05, 0) is 18.8 Å². The van der Waals surface area contributed by atoms with Crippen LogP contribution in [0.4, 0.5) is 0 Å². The van der Waals surface area contributed by atoms with Gasteiger partial charge in [0.1, 0.15) is 0 Å². The molecule has 1 aliphatic carbocycles. The van der Waals surface area contributed by atoms with Crippen LogP contribution in [0.15, 0.2) is 6.20 Å². The molecule has 0 amide bonds. The Hall–Kier alpha value is -0.610. The van der Waals surface area contributed by atoms with E-state index in [9.17, 15) is 0 Å². The molecule has 14 heavy (non-hydrogen) atoms. The monoisotopic (exact) mass is 214 g/mol. The van der Waals surface area contributed by atoms with E-state index in [1.54, 1.807) is 4.68 Å². The van der Waals surface area contributed by atoms with E-state index in [1.165, 1.54) is 12.8 Å². The molecule has 4 nitrogen and oxygen atoms in total. The molecule has 0 spiro atoms. The summed E-state index contributed by atoms with van der Waals surface area (Å²) in [7, 11) is 1.87. The van der Waals surface area contributed by atoms with E-state index >= 15 is 0 Å². The summed E-state index contributed by atoms with van der Waals surface area (Å²) in [5.41, 5.74) is 0.965. The molecule has 0 aromatic carbocycles. The summed E-state index contributed by atoms with van der Waals surface area (Å²) in [4.78, 5) is 0. The Kier molecular flexibility index (Phi) is 3.03. The zero-order valence-electron chi connectivity index (χ0n) is 8.28. The Morgan fingerprint density at radius 3 is 3.07 bits per heavy atom. The molecule has 0 aliphatic heterocycles. The molecule has 1 aromatic rings. The third-order valence-electron chi connectivity index (χ3n) is 2.43. The number of aryl methyl sites for hydroxylation is 1. The van der Waals surface area contributed by atoms with Crippen LogP contribution in [0.3, 0.4) is 0 Å². The van der Waals surface area contributed by atoms with Crippen molar-refractivity contribution in [3.05, 3.63) is 11.9 Å². The number of hydrogen-bond acceptors (Lipinski definition) is 3. The molecule has 1 unspecified atom stereocenters. The molecule has 78 valence electrons. The minimum atomic E-state index is 0.284. The van der Waals surface area contributed by atoms with Crippen molar-refractivity contribution in [2.45, 2.75) is 24.8 Å². The van der Waals surface area contributed by atoms with Crippen LogP contribution in [0.5, 0.6) is 0 Å². The Morgan fingerprint density at radius 2 is 2.50 bits per heavy atom. The number of hydrogen-bond donors (Lipinski definition) is 1. The Morgan fingerprint density at radius 1 is 1.71 bits per heavy atom. The molecular weight excluding hydrogens is 200 g/mol. The Bertz CT molecular complexity index is 295. The van der Waals surface area contributed by atoms with Gasteiger partial charge in [-0.15, -0.1) is 16.7 Å². The minimum Gasteiger partial charge on any atom is -0.310 e. The number of rotatable bonds is 5. The number of halogens is 1. The van der Waals surface area contributed by atoms with Gasteiger partial charge in [0.15, 0.2) is 0 Å². The highest BCUT2D eigenvalue weighted by Crippen LogP contribution is 2.35. The highest BCUT2D eigenvalue weighted by molar-refractivity contribution is 6.21. The third kappa shape index (κ3) is 2.69. The molecule has 5 heteroatoms. The van der Waals surface area contributed by atoms with E-state index in [0.717, 1.165) is 24.7 Å². The minimum absolute atomic E-state index is 0.284. The third-order valence-corrected chi connectivity index (χ3v) is 2.94. The van der Waals surface area contributed by atoms with Crippen LogP contribution < -0.4 is 5.32 Å². The maximum absolute atomic E-state index is 6.15. The van der Waals surface area contributed by atoms with Gasteiger partial charge in [-0.3, -0.25) is 4.68 Å². The molecule has 1 atom stereocenters. The first-order chi connectivity index (χ1) is 6.75. The zero-order chi connectivity index (χ0) is 9.97. The largest absolute Gasteiger partial charge is 0.310 e. The predicted molar refractivity (Wildman–Crippen MR) is 55.1 cm³/mol. The van der Waals surface area contributed by atoms with Gasteiger partial charge in [0.25, 0.3) is 0 Å². The van der Waals surface area contributed by atoms with E-state index in [0.29, 0.717) is 0 Å². The Labute approximate surface area is 88.6 Å². The van der Waals surface area contributed by atoms with Crippen molar-refractivity contribution in [1.82, 2.24) is 20.3 Å². The summed E-state index contributed by atoms with van der Waals surface area (Å²) in [6, 6.07) is 0. The van der Waals surface area contributed by atoms with Gasteiger partial charge < -0.3 is 5.32 Å². The van der Waals surface area contributed by atoms with Crippen molar-refractivity contribution >= 4 is 11.6 Å². The van der Waals surface area contributed by atoms with E-state index < -0.39 is 0 Å². The first-order valence-corrected chi connectivity index (χ1v) is 5.39. The molecule has 1 saturated carbocycles. The van der Waals surface area contributed by atoms with Crippen LogP contribution in [-0.2, 0) is 13.6 Å². The fraction of sp³-hybridized carbons (Fsp3) is 0.778. The van der Waals surface area contributed by atoms with Crippen LogP contribution in [0, 0.1) is 5.92 Å². The maximum atomic E-state index is 6.15. The van der Waals surface area contributed by atoms with Gasteiger partial charge in [0.05, 0.1) is 5.69 Å². The van der Waals surface area contributed by atoms with Crippen LogP contribution in [0.2, 0.25) is 0 Å². The van der Waals surface area contributed by atoms with Crippen molar-refractivity contribution in [3.8, 4) is 0 Å². The summed E-state index contributed by atoms with van der Waals surface area (Å²) >= 11 is 6.15. The van der Waals surface area contributed by atoms with E-state index in [2.05, 4.69) is 15.6 Å². The molecule has 1 fully saturated rings. The second-order valence-electron chi connectivity index (χ2n) is 3.87. The van der Waals surface area contributed by atoms with Crippen molar-refractivity contribution in [1.29, 1.82) is 0 Å². The fourth-order valence-corrected chi connectivity index (χ4v) is 1.80. The summed E-state index contributed by atoms with van der Waals surface area (Å²) < 4.78 is 1.70. The van der Waals surface area contributed by atoms with Crippen molar-refractivity contribution < 1.29 is 0 Å². The molecule has 1 N–H and O–H groups in total. The van der Waals surface area contributed by atoms with E-state index in [4.69, 9.17) is 11.6 Å². The fourth-order valence-electron chi connectivity index (χ4n) is 1.44. The average Bonchev–Trinajstić information content (AvgIpc) is 2.92. The van der Waals surface area contributed by atoms with Gasteiger partial charge >= 0.3 is 0 Å². The topological polar surface area (TPSA) is 42.7 Å². The Balaban J connectivity index is 1.67. The number of nitrogens with zero attached hydrogens (tertiary/aromatic N) is 3. The van der Waals surface area contributed by atoms with Gasteiger partial charge in [-0.1, -0.05) is 5.21 Å².